The normalized spacial score (nSPS) is 11.2. The van der Waals surface area contributed by atoms with Crippen LogP contribution in [0.4, 0.5) is 0 Å². The van der Waals surface area contributed by atoms with Crippen LogP contribution in [0, 0.1) is 13.8 Å². The number of Topliss-reactive ketones (excluding diaryl/α,β-unsaturated/α-hetero) is 1. The zero-order valence-corrected chi connectivity index (χ0v) is 12.0. The van der Waals surface area contributed by atoms with Gasteiger partial charge in [0, 0.05) is 25.0 Å². The van der Waals surface area contributed by atoms with Crippen LogP contribution in [0.15, 0.2) is 24.5 Å². The van der Waals surface area contributed by atoms with Gasteiger partial charge < -0.3 is 0 Å². The zero-order valence-electron chi connectivity index (χ0n) is 12.0. The summed E-state index contributed by atoms with van der Waals surface area (Å²) in [6, 6.07) is 3.76. The Morgan fingerprint density at radius 1 is 1.30 bits per heavy atom. The third kappa shape index (κ3) is 1.66. The predicted octanol–water partition coefficient (Wildman–Crippen LogP) is 2.55. The van der Waals surface area contributed by atoms with Crippen molar-refractivity contribution in [3.63, 3.8) is 0 Å². The summed E-state index contributed by atoms with van der Waals surface area (Å²) in [4.78, 5) is 11.9. The molecule has 102 valence electrons. The minimum atomic E-state index is 0.0489. The van der Waals surface area contributed by atoms with E-state index >= 15 is 0 Å². The van der Waals surface area contributed by atoms with Crippen molar-refractivity contribution in [1.82, 2.24) is 19.4 Å². The van der Waals surface area contributed by atoms with E-state index in [2.05, 4.69) is 10.2 Å². The fourth-order valence-corrected chi connectivity index (χ4v) is 2.77. The first kappa shape index (κ1) is 12.6. The standard InChI is InChI=1S/C15H16N4O/c1-9-8-18(4)17-14(9)15-10(2)13(11(3)20)12-6-5-7-16-19(12)15/h5-8H,1-4H3. The summed E-state index contributed by atoms with van der Waals surface area (Å²) in [6.45, 7) is 5.55. The first-order valence-electron chi connectivity index (χ1n) is 6.48. The van der Waals surface area contributed by atoms with Gasteiger partial charge in [-0.2, -0.15) is 10.2 Å². The molecule has 0 aliphatic carbocycles. The first-order valence-corrected chi connectivity index (χ1v) is 6.48. The minimum absolute atomic E-state index is 0.0489. The maximum atomic E-state index is 11.9. The molecule has 0 aliphatic rings. The number of aromatic nitrogens is 4. The van der Waals surface area contributed by atoms with E-state index in [1.54, 1.807) is 22.3 Å². The van der Waals surface area contributed by atoms with Gasteiger partial charge in [0.05, 0.1) is 11.2 Å². The molecule has 0 amide bonds. The van der Waals surface area contributed by atoms with Crippen LogP contribution in [-0.4, -0.2) is 25.2 Å². The Kier molecular flexibility index (Phi) is 2.71. The molecule has 0 unspecified atom stereocenters. The number of hydrogen-bond acceptors (Lipinski definition) is 3. The minimum Gasteiger partial charge on any atom is -0.294 e. The van der Waals surface area contributed by atoms with Gasteiger partial charge in [-0.25, -0.2) is 4.52 Å². The maximum Gasteiger partial charge on any atom is 0.162 e. The van der Waals surface area contributed by atoms with Crippen LogP contribution in [0.3, 0.4) is 0 Å². The van der Waals surface area contributed by atoms with Gasteiger partial charge in [-0.1, -0.05) is 0 Å². The second-order valence-electron chi connectivity index (χ2n) is 5.06. The Bertz CT molecular complexity index is 826. The van der Waals surface area contributed by atoms with Gasteiger partial charge in [0.25, 0.3) is 0 Å². The first-order chi connectivity index (χ1) is 9.50. The number of ketones is 1. The molecule has 5 nitrogen and oxygen atoms in total. The Hall–Kier alpha value is -2.43. The molecule has 0 saturated heterocycles. The van der Waals surface area contributed by atoms with Crippen molar-refractivity contribution in [3.05, 3.63) is 41.2 Å². The van der Waals surface area contributed by atoms with E-state index in [-0.39, 0.29) is 5.78 Å². The van der Waals surface area contributed by atoms with Crippen LogP contribution in [0.2, 0.25) is 0 Å². The molecule has 0 saturated carbocycles. The molecule has 0 aliphatic heterocycles. The molecule has 5 heteroatoms. The van der Waals surface area contributed by atoms with Crippen molar-refractivity contribution in [1.29, 1.82) is 0 Å². The lowest BCUT2D eigenvalue weighted by Crippen LogP contribution is -1.96. The molecule has 3 rings (SSSR count). The average molecular weight is 268 g/mol. The van der Waals surface area contributed by atoms with Gasteiger partial charge in [-0.3, -0.25) is 9.48 Å². The molecular weight excluding hydrogens is 252 g/mol. The Morgan fingerprint density at radius 3 is 2.65 bits per heavy atom. The molecular formula is C15H16N4O. The van der Waals surface area contributed by atoms with Crippen molar-refractivity contribution >= 4 is 11.3 Å². The van der Waals surface area contributed by atoms with Crippen molar-refractivity contribution in [2.45, 2.75) is 20.8 Å². The fraction of sp³-hybridized carbons (Fsp3) is 0.267. The Labute approximate surface area is 116 Å². The highest BCUT2D eigenvalue weighted by molar-refractivity contribution is 6.04. The van der Waals surface area contributed by atoms with Crippen LogP contribution in [0.1, 0.15) is 28.4 Å². The smallest absolute Gasteiger partial charge is 0.162 e. The maximum absolute atomic E-state index is 11.9. The molecule has 3 aromatic heterocycles. The van der Waals surface area contributed by atoms with Gasteiger partial charge >= 0.3 is 0 Å². The number of nitrogens with zero attached hydrogens (tertiary/aromatic N) is 4. The van der Waals surface area contributed by atoms with Crippen LogP contribution >= 0.6 is 0 Å². The zero-order chi connectivity index (χ0) is 14.4. The van der Waals surface area contributed by atoms with Crippen LogP contribution < -0.4 is 0 Å². The molecule has 0 aromatic carbocycles. The van der Waals surface area contributed by atoms with Crippen molar-refractivity contribution in [2.75, 3.05) is 0 Å². The summed E-state index contributed by atoms with van der Waals surface area (Å²) in [6.07, 6.45) is 3.68. The second-order valence-corrected chi connectivity index (χ2v) is 5.06. The number of aryl methyl sites for hydroxylation is 2. The highest BCUT2D eigenvalue weighted by Gasteiger charge is 2.22. The van der Waals surface area contributed by atoms with Crippen LogP contribution in [-0.2, 0) is 7.05 Å². The van der Waals surface area contributed by atoms with Crippen molar-refractivity contribution in [2.24, 2.45) is 7.05 Å². The average Bonchev–Trinajstić information content (AvgIpc) is 2.85. The highest BCUT2D eigenvalue weighted by Crippen LogP contribution is 2.31. The molecule has 0 bridgehead atoms. The molecule has 0 spiro atoms. The van der Waals surface area contributed by atoms with Gasteiger partial charge in [0.2, 0.25) is 0 Å². The summed E-state index contributed by atoms with van der Waals surface area (Å²) in [5.74, 6) is 0.0489. The van der Waals surface area contributed by atoms with E-state index in [4.69, 9.17) is 0 Å². The lowest BCUT2D eigenvalue weighted by atomic mass is 10.1. The summed E-state index contributed by atoms with van der Waals surface area (Å²) < 4.78 is 3.58. The van der Waals surface area contributed by atoms with E-state index in [1.165, 1.54) is 0 Å². The molecule has 20 heavy (non-hydrogen) atoms. The van der Waals surface area contributed by atoms with Crippen molar-refractivity contribution < 1.29 is 4.79 Å². The number of rotatable bonds is 2. The highest BCUT2D eigenvalue weighted by atomic mass is 16.1. The number of carbonyl (C=O) groups is 1. The van der Waals surface area contributed by atoms with Gasteiger partial charge in [-0.15, -0.1) is 0 Å². The van der Waals surface area contributed by atoms with E-state index in [0.29, 0.717) is 0 Å². The molecule has 0 N–H and O–H groups in total. The van der Waals surface area contributed by atoms with Gasteiger partial charge in [0.1, 0.15) is 5.69 Å². The summed E-state index contributed by atoms with van der Waals surface area (Å²) in [5, 5.41) is 8.90. The quantitative estimate of drug-likeness (QED) is 0.671. The number of hydrogen-bond donors (Lipinski definition) is 0. The number of carbonyl (C=O) groups excluding carboxylic acids is 1. The lowest BCUT2D eigenvalue weighted by molar-refractivity contribution is 0.101. The predicted molar refractivity (Wildman–Crippen MR) is 76.9 cm³/mol. The summed E-state index contributed by atoms with van der Waals surface area (Å²) in [5.41, 5.74) is 5.31. The molecule has 0 radical (unpaired) electrons. The van der Waals surface area contributed by atoms with Crippen LogP contribution in [0.5, 0.6) is 0 Å². The third-order valence-corrected chi connectivity index (χ3v) is 3.54. The van der Waals surface area contributed by atoms with Gasteiger partial charge in [0.15, 0.2) is 5.78 Å². The third-order valence-electron chi connectivity index (χ3n) is 3.54. The number of fused-ring (bicyclic) bond motifs is 1. The SMILES string of the molecule is CC(=O)c1c(C)c(-c2nn(C)cc2C)n2ncccc12. The van der Waals surface area contributed by atoms with E-state index in [9.17, 15) is 4.79 Å². The largest absolute Gasteiger partial charge is 0.294 e. The summed E-state index contributed by atoms with van der Waals surface area (Å²) in [7, 11) is 1.89. The Morgan fingerprint density at radius 2 is 2.05 bits per heavy atom. The molecule has 3 heterocycles. The summed E-state index contributed by atoms with van der Waals surface area (Å²) >= 11 is 0. The monoisotopic (exact) mass is 268 g/mol. The van der Waals surface area contributed by atoms with Crippen LogP contribution in [0.25, 0.3) is 16.9 Å². The van der Waals surface area contributed by atoms with Crippen molar-refractivity contribution in [3.8, 4) is 11.4 Å². The van der Waals surface area contributed by atoms with E-state index in [0.717, 1.165) is 33.6 Å². The lowest BCUT2D eigenvalue weighted by Gasteiger charge is -2.01. The Balaban J connectivity index is 2.45. The molecule has 3 aromatic rings. The second kappa shape index (κ2) is 4.30. The molecule has 0 fully saturated rings. The van der Waals surface area contributed by atoms with E-state index in [1.807, 2.05) is 39.2 Å². The van der Waals surface area contributed by atoms with Gasteiger partial charge in [-0.05, 0) is 44.0 Å². The fourth-order valence-electron chi connectivity index (χ4n) is 2.77. The topological polar surface area (TPSA) is 52.2 Å². The van der Waals surface area contributed by atoms with E-state index < -0.39 is 0 Å². The molecule has 0 atom stereocenters.